The molecule has 1 amide bonds. The SMILES string of the molecule is N#Cc1cccc(C(=O)NCCC2OCCO2)c1. The minimum Gasteiger partial charge on any atom is -0.352 e. The zero-order valence-electron chi connectivity index (χ0n) is 9.89. The van der Waals surface area contributed by atoms with E-state index in [9.17, 15) is 4.79 Å². The van der Waals surface area contributed by atoms with E-state index in [2.05, 4.69) is 5.32 Å². The first kappa shape index (κ1) is 12.6. The van der Waals surface area contributed by atoms with Gasteiger partial charge in [-0.05, 0) is 18.2 Å². The molecule has 2 rings (SSSR count). The van der Waals surface area contributed by atoms with Crippen LogP contribution in [0.15, 0.2) is 24.3 Å². The van der Waals surface area contributed by atoms with Gasteiger partial charge in [0.05, 0.1) is 24.8 Å². The second-order valence-electron chi connectivity index (χ2n) is 3.91. The van der Waals surface area contributed by atoms with Gasteiger partial charge in [0.2, 0.25) is 0 Å². The number of amides is 1. The standard InChI is InChI=1S/C13H14N2O3/c14-9-10-2-1-3-11(8-10)13(16)15-5-4-12-17-6-7-18-12/h1-3,8,12H,4-7H2,(H,15,16). The van der Waals surface area contributed by atoms with Crippen LogP contribution in [0.1, 0.15) is 22.3 Å². The molecule has 5 nitrogen and oxygen atoms in total. The normalized spacial score (nSPS) is 15.3. The van der Waals surface area contributed by atoms with Crippen LogP contribution in [0.3, 0.4) is 0 Å². The number of carbonyl (C=O) groups is 1. The topological polar surface area (TPSA) is 71.4 Å². The molecule has 18 heavy (non-hydrogen) atoms. The van der Waals surface area contributed by atoms with Crippen LogP contribution < -0.4 is 5.32 Å². The van der Waals surface area contributed by atoms with Crippen molar-refractivity contribution in [3.05, 3.63) is 35.4 Å². The molecule has 1 N–H and O–H groups in total. The summed E-state index contributed by atoms with van der Waals surface area (Å²) in [7, 11) is 0. The third-order valence-electron chi connectivity index (χ3n) is 2.61. The number of carbonyl (C=O) groups excluding carboxylic acids is 1. The molecule has 5 heteroatoms. The van der Waals surface area contributed by atoms with Crippen molar-refractivity contribution in [2.45, 2.75) is 12.7 Å². The van der Waals surface area contributed by atoms with Crippen LogP contribution in [-0.2, 0) is 9.47 Å². The summed E-state index contributed by atoms with van der Waals surface area (Å²) in [5, 5.41) is 11.5. The molecule has 0 aromatic heterocycles. The van der Waals surface area contributed by atoms with Gasteiger partial charge < -0.3 is 14.8 Å². The summed E-state index contributed by atoms with van der Waals surface area (Å²) in [6, 6.07) is 8.60. The second kappa shape index (κ2) is 6.15. The Hall–Kier alpha value is -1.90. The minimum atomic E-state index is -0.212. The smallest absolute Gasteiger partial charge is 0.251 e. The highest BCUT2D eigenvalue weighted by Gasteiger charge is 2.15. The fourth-order valence-electron chi connectivity index (χ4n) is 1.71. The summed E-state index contributed by atoms with van der Waals surface area (Å²) < 4.78 is 10.5. The van der Waals surface area contributed by atoms with Crippen molar-refractivity contribution >= 4 is 5.91 Å². The lowest BCUT2D eigenvalue weighted by Gasteiger charge is -2.09. The van der Waals surface area contributed by atoms with Crippen LogP contribution in [0, 0.1) is 11.3 Å². The van der Waals surface area contributed by atoms with Crippen LogP contribution in [0.4, 0.5) is 0 Å². The number of nitrogens with one attached hydrogen (secondary N) is 1. The monoisotopic (exact) mass is 246 g/mol. The van der Waals surface area contributed by atoms with Crippen LogP contribution in [0.2, 0.25) is 0 Å². The van der Waals surface area contributed by atoms with E-state index in [1.807, 2.05) is 6.07 Å². The van der Waals surface area contributed by atoms with Gasteiger partial charge in [-0.1, -0.05) is 6.07 Å². The molecule has 0 atom stereocenters. The molecule has 0 unspecified atom stereocenters. The van der Waals surface area contributed by atoms with Crippen molar-refractivity contribution in [1.29, 1.82) is 5.26 Å². The Balaban J connectivity index is 1.81. The van der Waals surface area contributed by atoms with E-state index in [0.717, 1.165) is 0 Å². The Labute approximate surface area is 105 Å². The highest BCUT2D eigenvalue weighted by atomic mass is 16.7. The van der Waals surface area contributed by atoms with Gasteiger partial charge in [0.1, 0.15) is 0 Å². The molecular weight excluding hydrogens is 232 g/mol. The quantitative estimate of drug-likeness (QED) is 0.862. The zero-order valence-corrected chi connectivity index (χ0v) is 9.89. The predicted octanol–water partition coefficient (Wildman–Crippen LogP) is 1.05. The number of nitrogens with zero attached hydrogens (tertiary/aromatic N) is 1. The molecule has 0 aliphatic carbocycles. The van der Waals surface area contributed by atoms with Gasteiger partial charge in [-0.2, -0.15) is 5.26 Å². The second-order valence-corrected chi connectivity index (χ2v) is 3.91. The largest absolute Gasteiger partial charge is 0.352 e. The van der Waals surface area contributed by atoms with Crippen LogP contribution in [0.25, 0.3) is 0 Å². The van der Waals surface area contributed by atoms with Crippen molar-refractivity contribution < 1.29 is 14.3 Å². The lowest BCUT2D eigenvalue weighted by atomic mass is 10.1. The number of hydrogen-bond donors (Lipinski definition) is 1. The summed E-state index contributed by atoms with van der Waals surface area (Å²) >= 11 is 0. The summed E-state index contributed by atoms with van der Waals surface area (Å²) in [6.45, 7) is 1.71. The molecule has 1 heterocycles. The molecule has 0 saturated carbocycles. The van der Waals surface area contributed by atoms with Crippen LogP contribution >= 0.6 is 0 Å². The minimum absolute atomic E-state index is 0.190. The summed E-state index contributed by atoms with van der Waals surface area (Å²) in [5.74, 6) is -0.190. The third-order valence-corrected chi connectivity index (χ3v) is 2.61. The van der Waals surface area contributed by atoms with E-state index in [-0.39, 0.29) is 12.2 Å². The van der Waals surface area contributed by atoms with Crippen molar-refractivity contribution in [3.8, 4) is 6.07 Å². The fourth-order valence-corrected chi connectivity index (χ4v) is 1.71. The highest BCUT2D eigenvalue weighted by molar-refractivity contribution is 5.94. The fraction of sp³-hybridized carbons (Fsp3) is 0.385. The average Bonchev–Trinajstić information content (AvgIpc) is 2.92. The Bertz CT molecular complexity index is 462. The molecule has 1 aromatic carbocycles. The molecule has 0 bridgehead atoms. The molecule has 0 radical (unpaired) electrons. The van der Waals surface area contributed by atoms with E-state index in [1.54, 1.807) is 24.3 Å². The summed E-state index contributed by atoms with van der Waals surface area (Å²) in [6.07, 6.45) is 0.416. The van der Waals surface area contributed by atoms with Crippen molar-refractivity contribution in [2.75, 3.05) is 19.8 Å². The van der Waals surface area contributed by atoms with Crippen molar-refractivity contribution in [3.63, 3.8) is 0 Å². The number of nitriles is 1. The third kappa shape index (κ3) is 3.29. The van der Waals surface area contributed by atoms with Crippen molar-refractivity contribution in [2.24, 2.45) is 0 Å². The predicted molar refractivity (Wildman–Crippen MR) is 63.8 cm³/mol. The van der Waals surface area contributed by atoms with E-state index in [1.165, 1.54) is 0 Å². The first-order chi connectivity index (χ1) is 8.79. The van der Waals surface area contributed by atoms with E-state index in [0.29, 0.717) is 37.3 Å². The molecule has 1 aliphatic heterocycles. The van der Waals surface area contributed by atoms with Crippen molar-refractivity contribution in [1.82, 2.24) is 5.32 Å². The van der Waals surface area contributed by atoms with Gasteiger partial charge >= 0.3 is 0 Å². The van der Waals surface area contributed by atoms with Gasteiger partial charge in [-0.25, -0.2) is 0 Å². The number of ether oxygens (including phenoxy) is 2. The number of hydrogen-bond acceptors (Lipinski definition) is 4. The number of rotatable bonds is 4. The maximum absolute atomic E-state index is 11.8. The summed E-state index contributed by atoms with van der Waals surface area (Å²) in [4.78, 5) is 11.8. The molecule has 1 aliphatic rings. The molecule has 1 saturated heterocycles. The van der Waals surface area contributed by atoms with E-state index < -0.39 is 0 Å². The van der Waals surface area contributed by atoms with Gasteiger partial charge in [-0.3, -0.25) is 4.79 Å². The van der Waals surface area contributed by atoms with Gasteiger partial charge in [0.15, 0.2) is 6.29 Å². The molecule has 94 valence electrons. The Morgan fingerprint density at radius 1 is 1.44 bits per heavy atom. The average molecular weight is 246 g/mol. The van der Waals surface area contributed by atoms with Gasteiger partial charge in [0.25, 0.3) is 5.91 Å². The number of benzene rings is 1. The highest BCUT2D eigenvalue weighted by Crippen LogP contribution is 2.07. The Morgan fingerprint density at radius 3 is 2.94 bits per heavy atom. The maximum atomic E-state index is 11.8. The molecule has 1 fully saturated rings. The van der Waals surface area contributed by atoms with Crippen LogP contribution in [-0.4, -0.2) is 32.0 Å². The van der Waals surface area contributed by atoms with E-state index in [4.69, 9.17) is 14.7 Å². The van der Waals surface area contributed by atoms with E-state index >= 15 is 0 Å². The lowest BCUT2D eigenvalue weighted by molar-refractivity contribution is -0.0455. The molecular formula is C13H14N2O3. The molecule has 1 aromatic rings. The Morgan fingerprint density at radius 2 is 2.22 bits per heavy atom. The maximum Gasteiger partial charge on any atom is 0.251 e. The first-order valence-electron chi connectivity index (χ1n) is 5.81. The Kier molecular flexibility index (Phi) is 4.29. The zero-order chi connectivity index (χ0) is 12.8. The van der Waals surface area contributed by atoms with Gasteiger partial charge in [0, 0.05) is 18.5 Å². The first-order valence-corrected chi connectivity index (χ1v) is 5.81. The van der Waals surface area contributed by atoms with Crippen LogP contribution in [0.5, 0.6) is 0 Å². The lowest BCUT2D eigenvalue weighted by Crippen LogP contribution is -2.27. The van der Waals surface area contributed by atoms with Gasteiger partial charge in [-0.15, -0.1) is 0 Å². The summed E-state index contributed by atoms with van der Waals surface area (Å²) in [5.41, 5.74) is 0.965. The molecule has 0 spiro atoms.